The van der Waals surface area contributed by atoms with Gasteiger partial charge in [0.05, 0.1) is 5.56 Å². The lowest BCUT2D eigenvalue weighted by atomic mass is 9.84. The van der Waals surface area contributed by atoms with E-state index >= 15 is 0 Å². The summed E-state index contributed by atoms with van der Waals surface area (Å²) in [6.07, 6.45) is 4.90. The highest BCUT2D eigenvalue weighted by molar-refractivity contribution is 6.23. The lowest BCUT2D eigenvalue weighted by Gasteiger charge is -2.26. The molecule has 0 radical (unpaired) electrons. The number of aromatic amines is 2. The first-order chi connectivity index (χ1) is 31.0. The van der Waals surface area contributed by atoms with Crippen molar-refractivity contribution in [3.05, 3.63) is 143 Å². The number of carboxylic acids is 1. The first-order valence-electron chi connectivity index (χ1n) is 22.8. The number of Topliss-reactive ketones (excluding diaryl/α,β-unsaturated/α-hetero) is 1. The number of hydrogen-bond acceptors (Lipinski definition) is 7. The van der Waals surface area contributed by atoms with Crippen molar-refractivity contribution in [2.45, 2.75) is 112 Å². The summed E-state index contributed by atoms with van der Waals surface area (Å²) in [5.41, 5.74) is 15.6. The number of carbonyl (C=O) groups excluding carboxylic acids is 3. The Morgan fingerprint density at radius 1 is 0.738 bits per heavy atom. The molecule has 3 atom stereocenters. The van der Waals surface area contributed by atoms with E-state index in [1.54, 1.807) is 13.0 Å². The predicted octanol–water partition coefficient (Wildman–Crippen LogP) is 7.60. The van der Waals surface area contributed by atoms with Crippen molar-refractivity contribution in [2.24, 2.45) is 11.7 Å². The number of carbonyl (C=O) groups is 4. The number of ketones is 1. The normalized spacial score (nSPS) is 16.4. The summed E-state index contributed by atoms with van der Waals surface area (Å²) in [4.78, 5) is 83.7. The molecule has 3 unspecified atom stereocenters. The Balaban J connectivity index is 0.000000182. The lowest BCUT2D eigenvalue weighted by Crippen LogP contribution is -2.35. The van der Waals surface area contributed by atoms with E-state index in [4.69, 9.17) is 5.73 Å². The van der Waals surface area contributed by atoms with Crippen LogP contribution >= 0.6 is 0 Å². The largest absolute Gasteiger partial charge is 0.478 e. The average molecular weight is 885 g/mol. The maximum absolute atomic E-state index is 13.4. The number of aromatic nitrogens is 3. The molecule has 5 N–H and O–H groups in total. The number of nitrogens with two attached hydrogens (primary N) is 1. The number of benzene rings is 2. The molecule has 5 aromatic rings. The van der Waals surface area contributed by atoms with Gasteiger partial charge in [-0.1, -0.05) is 55.0 Å². The number of hydrogen-bond donors (Lipinski definition) is 4. The van der Waals surface area contributed by atoms with E-state index in [2.05, 4.69) is 9.97 Å². The van der Waals surface area contributed by atoms with Gasteiger partial charge < -0.3 is 35.2 Å². The highest BCUT2D eigenvalue weighted by atomic mass is 16.4. The molecule has 0 bridgehead atoms. The molecule has 0 saturated carbocycles. The van der Waals surface area contributed by atoms with Crippen LogP contribution in [-0.2, 0) is 27.3 Å². The van der Waals surface area contributed by atoms with E-state index < -0.39 is 12.0 Å². The molecule has 2 amide bonds. The Bertz CT molecular complexity index is 2760. The maximum atomic E-state index is 13.4. The molecule has 13 nitrogen and oxygen atoms in total. The molecule has 3 aliphatic rings. The highest BCUT2D eigenvalue weighted by Gasteiger charge is 2.39. The minimum Gasteiger partial charge on any atom is -0.478 e. The Morgan fingerprint density at radius 2 is 1.26 bits per heavy atom. The van der Waals surface area contributed by atoms with Crippen LogP contribution in [0.3, 0.4) is 0 Å². The number of para-hydroxylation sites is 1. The second-order valence-corrected chi connectivity index (χ2v) is 17.8. The molecule has 0 spiro atoms. The smallest absolute Gasteiger partial charge is 0.338 e. The monoisotopic (exact) mass is 884 g/mol. The van der Waals surface area contributed by atoms with Gasteiger partial charge in [0.15, 0.2) is 5.78 Å². The topological polar surface area (TPSA) is 192 Å². The predicted molar refractivity (Wildman–Crippen MR) is 255 cm³/mol. The number of amides is 2. The van der Waals surface area contributed by atoms with Crippen LogP contribution in [0.2, 0.25) is 0 Å². The number of likely N-dealkylation sites (tertiary alicyclic amines) is 2. The zero-order valence-electron chi connectivity index (χ0n) is 39.1. The summed E-state index contributed by atoms with van der Waals surface area (Å²) >= 11 is 0. The van der Waals surface area contributed by atoms with Crippen LogP contribution in [0.25, 0.3) is 16.5 Å². The van der Waals surface area contributed by atoms with Crippen molar-refractivity contribution in [1.82, 2.24) is 24.3 Å². The van der Waals surface area contributed by atoms with Gasteiger partial charge in [-0.05, 0) is 121 Å². The van der Waals surface area contributed by atoms with Crippen LogP contribution in [0.1, 0.15) is 126 Å². The molecule has 2 saturated heterocycles. The number of carboxylic acid groups (broad SMARTS) is 1. The Hall–Kier alpha value is -6.34. The van der Waals surface area contributed by atoms with Crippen molar-refractivity contribution in [2.75, 3.05) is 26.2 Å². The number of aryl methyl sites for hydroxylation is 4. The number of aromatic carboxylic acids is 1. The second-order valence-electron chi connectivity index (χ2n) is 17.8. The molecule has 65 heavy (non-hydrogen) atoms. The Morgan fingerprint density at radius 3 is 1.82 bits per heavy atom. The molecule has 13 heteroatoms. The number of nitrogens with zero attached hydrogens (tertiary/aromatic N) is 3. The number of pyridine rings is 2. The SMILES string of the molecule is CC1=C(C(=O)CCc2c(C)cc(C)[nH]c2=O)c2ccccc2C1C(C)C(=O)N1CCCC1.Cc1c(C(=O)O)c2ccccc2n1C(C)C(=O)N1CCCC1.Cc1cc(C)c(CN)c(=O)[nH]1. The van der Waals surface area contributed by atoms with Gasteiger partial charge in [-0.15, -0.1) is 0 Å². The lowest BCUT2D eigenvalue weighted by molar-refractivity contribution is -0.134. The number of rotatable bonds is 10. The minimum atomic E-state index is -0.951. The molecule has 2 fully saturated rings. The van der Waals surface area contributed by atoms with Gasteiger partial charge in [-0.2, -0.15) is 0 Å². The quantitative estimate of drug-likeness (QED) is 0.110. The first-order valence-corrected chi connectivity index (χ1v) is 22.8. The Labute approximate surface area is 380 Å². The Kier molecular flexibility index (Phi) is 15.3. The minimum absolute atomic E-state index is 0.0395. The summed E-state index contributed by atoms with van der Waals surface area (Å²) in [7, 11) is 0. The van der Waals surface area contributed by atoms with Gasteiger partial charge >= 0.3 is 5.97 Å². The van der Waals surface area contributed by atoms with Crippen LogP contribution in [0.15, 0.2) is 75.8 Å². The second kappa shape index (κ2) is 20.7. The van der Waals surface area contributed by atoms with E-state index in [9.17, 15) is 33.9 Å². The van der Waals surface area contributed by atoms with Crippen molar-refractivity contribution in [3.8, 4) is 0 Å². The fraction of sp³-hybridized carbons (Fsp3) is 0.423. The zero-order valence-corrected chi connectivity index (χ0v) is 39.1. The summed E-state index contributed by atoms with van der Waals surface area (Å²) in [5.74, 6) is -0.953. The summed E-state index contributed by atoms with van der Waals surface area (Å²) < 4.78 is 1.86. The molecule has 1 aliphatic carbocycles. The fourth-order valence-electron chi connectivity index (χ4n) is 10.1. The number of nitrogens with one attached hydrogen (secondary N) is 2. The van der Waals surface area contributed by atoms with Crippen molar-refractivity contribution >= 4 is 40.0 Å². The van der Waals surface area contributed by atoms with E-state index in [0.717, 1.165) is 102 Å². The number of allylic oxidation sites excluding steroid dienone is 2. The third-order valence-electron chi connectivity index (χ3n) is 13.3. The number of H-pyrrole nitrogens is 2. The van der Waals surface area contributed by atoms with E-state index in [0.29, 0.717) is 35.2 Å². The molecule has 8 rings (SSSR count). The maximum Gasteiger partial charge on any atom is 0.338 e. The molecule has 3 aromatic heterocycles. The number of fused-ring (bicyclic) bond motifs is 2. The van der Waals surface area contributed by atoms with Crippen molar-refractivity contribution in [1.29, 1.82) is 0 Å². The molecular weight excluding hydrogens is 821 g/mol. The van der Waals surface area contributed by atoms with Gasteiger partial charge in [0, 0.05) is 95.7 Å². The van der Waals surface area contributed by atoms with Crippen LogP contribution < -0.4 is 16.9 Å². The van der Waals surface area contributed by atoms with E-state index in [1.807, 2.05) is 117 Å². The van der Waals surface area contributed by atoms with Crippen molar-refractivity contribution in [3.63, 3.8) is 0 Å². The third kappa shape index (κ3) is 10.2. The van der Waals surface area contributed by atoms with Crippen LogP contribution in [-0.4, -0.2) is 79.2 Å². The van der Waals surface area contributed by atoms with Gasteiger partial charge in [0.25, 0.3) is 11.1 Å². The average Bonchev–Trinajstić information content (AvgIpc) is 4.08. The van der Waals surface area contributed by atoms with Gasteiger partial charge in [-0.25, -0.2) is 4.79 Å². The summed E-state index contributed by atoms with van der Waals surface area (Å²) in [6, 6.07) is 18.8. The molecule has 344 valence electrons. The third-order valence-corrected chi connectivity index (χ3v) is 13.3. The van der Waals surface area contributed by atoms with E-state index in [-0.39, 0.29) is 52.5 Å². The summed E-state index contributed by atoms with van der Waals surface area (Å²) in [5, 5.41) is 10.2. The van der Waals surface area contributed by atoms with Crippen LogP contribution in [0.4, 0.5) is 0 Å². The molecular formula is C52H64N6O7. The standard InChI is InChI=1S/C27H32N2O3.C17H20N2O3.C8H12N2O/c1-16-15-17(2)28-26(31)20(16)11-12-23(30)25-18(3)24(21-9-5-6-10-22(21)25)19(4)27(32)29-13-7-8-14-29;1-11-15(17(21)22)13-7-3-4-8-14(13)19(11)12(2)16(20)18-9-5-6-10-18;1-5-3-6(2)10-8(11)7(5)4-9/h5-6,9-10,15,19,24H,7-8,11-14H2,1-4H3,(H,28,31);3-4,7-8,12H,5-6,9-10H2,1-2H3,(H,21,22);3H,4,9H2,1-2H3,(H,10,11). The van der Waals surface area contributed by atoms with Crippen LogP contribution in [0, 0.1) is 40.5 Å². The summed E-state index contributed by atoms with van der Waals surface area (Å²) in [6.45, 7) is 18.7. The fourth-order valence-corrected chi connectivity index (χ4v) is 10.1. The van der Waals surface area contributed by atoms with Gasteiger partial charge in [-0.3, -0.25) is 24.0 Å². The van der Waals surface area contributed by atoms with Gasteiger partial charge in [0.2, 0.25) is 11.8 Å². The molecule has 2 aromatic carbocycles. The highest BCUT2D eigenvalue weighted by Crippen LogP contribution is 2.47. The van der Waals surface area contributed by atoms with Crippen molar-refractivity contribution < 1.29 is 24.3 Å². The molecule has 2 aliphatic heterocycles. The van der Waals surface area contributed by atoms with Crippen LogP contribution in [0.5, 0.6) is 0 Å². The van der Waals surface area contributed by atoms with E-state index in [1.165, 1.54) is 0 Å². The molecule has 5 heterocycles. The first kappa shape index (κ1) is 48.1. The zero-order chi connectivity index (χ0) is 47.3. The van der Waals surface area contributed by atoms with Gasteiger partial charge in [0.1, 0.15) is 6.04 Å².